The Morgan fingerprint density at radius 1 is 1.69 bits per heavy atom. The van der Waals surface area contributed by atoms with E-state index in [2.05, 4.69) is 15.4 Å². The average Bonchev–Trinajstić information content (AvgIpc) is 2.64. The summed E-state index contributed by atoms with van der Waals surface area (Å²) in [7, 11) is 0. The van der Waals surface area contributed by atoms with Crippen LogP contribution in [0.25, 0.3) is 0 Å². The first kappa shape index (κ1) is 8.18. The van der Waals surface area contributed by atoms with Crippen LogP contribution in [0.5, 0.6) is 0 Å². The second-order valence-corrected chi connectivity index (χ2v) is 3.11. The predicted octanol–water partition coefficient (Wildman–Crippen LogP) is 1.29. The van der Waals surface area contributed by atoms with E-state index < -0.39 is 0 Å². The highest BCUT2D eigenvalue weighted by atomic mass is 32.1. The van der Waals surface area contributed by atoms with Gasteiger partial charge in [0.15, 0.2) is 4.77 Å². The summed E-state index contributed by atoms with van der Waals surface area (Å²) in [5.74, 6) is 0.796. The van der Waals surface area contributed by atoms with Crippen LogP contribution in [0.15, 0.2) is 16.9 Å². The van der Waals surface area contributed by atoms with E-state index in [-0.39, 0.29) is 0 Å². The molecule has 6 heteroatoms. The van der Waals surface area contributed by atoms with Gasteiger partial charge in [-0.2, -0.15) is 5.10 Å². The lowest BCUT2D eigenvalue weighted by Gasteiger charge is -1.93. The fourth-order valence-electron chi connectivity index (χ4n) is 1.05. The van der Waals surface area contributed by atoms with Gasteiger partial charge in [-0.3, -0.25) is 5.10 Å². The Kier molecular flexibility index (Phi) is 1.97. The predicted molar refractivity (Wildman–Crippen MR) is 47.8 cm³/mol. The van der Waals surface area contributed by atoms with E-state index in [1.165, 1.54) is 0 Å². The van der Waals surface area contributed by atoms with E-state index in [9.17, 15) is 0 Å². The van der Waals surface area contributed by atoms with Crippen LogP contribution in [0.4, 0.5) is 0 Å². The Balaban J connectivity index is 2.24. The molecule has 0 unspecified atom stereocenters. The topological polar surface area (TPSA) is 59.6 Å². The number of H-pyrrole nitrogens is 1. The lowest BCUT2D eigenvalue weighted by Crippen LogP contribution is -1.97. The highest BCUT2D eigenvalue weighted by molar-refractivity contribution is 7.71. The summed E-state index contributed by atoms with van der Waals surface area (Å²) in [5, 5.41) is 10.3. The standard InChI is InChI=1S/C7H8N4OS/c1-5-2-6(10-12-5)3-11-4-8-9-7(11)13/h2,4H,3H2,1H3,(H,9,13). The van der Waals surface area contributed by atoms with Gasteiger partial charge in [-0.15, -0.1) is 0 Å². The van der Waals surface area contributed by atoms with Crippen LogP contribution < -0.4 is 0 Å². The number of aromatic nitrogens is 4. The first-order valence-corrected chi connectivity index (χ1v) is 4.18. The van der Waals surface area contributed by atoms with Crippen molar-refractivity contribution in [1.82, 2.24) is 19.9 Å². The summed E-state index contributed by atoms with van der Waals surface area (Å²) < 4.78 is 7.29. The van der Waals surface area contributed by atoms with Crippen LogP contribution in [0.1, 0.15) is 11.5 Å². The smallest absolute Gasteiger partial charge is 0.195 e. The molecular weight excluding hydrogens is 188 g/mol. The van der Waals surface area contributed by atoms with Gasteiger partial charge < -0.3 is 9.09 Å². The summed E-state index contributed by atoms with van der Waals surface area (Å²) in [5.41, 5.74) is 0.843. The van der Waals surface area contributed by atoms with Crippen molar-refractivity contribution in [2.24, 2.45) is 0 Å². The van der Waals surface area contributed by atoms with Crippen LogP contribution in [0, 0.1) is 11.7 Å². The first-order chi connectivity index (χ1) is 6.25. The van der Waals surface area contributed by atoms with Gasteiger partial charge in [-0.05, 0) is 19.1 Å². The molecular formula is C7H8N4OS. The summed E-state index contributed by atoms with van der Waals surface area (Å²) in [4.78, 5) is 0. The summed E-state index contributed by atoms with van der Waals surface area (Å²) >= 11 is 4.98. The summed E-state index contributed by atoms with van der Waals surface area (Å²) in [6.45, 7) is 2.44. The number of hydrogen-bond acceptors (Lipinski definition) is 4. The van der Waals surface area contributed by atoms with Crippen molar-refractivity contribution in [2.75, 3.05) is 0 Å². The first-order valence-electron chi connectivity index (χ1n) is 3.78. The fraction of sp³-hybridized carbons (Fsp3) is 0.286. The Morgan fingerprint density at radius 2 is 2.54 bits per heavy atom. The van der Waals surface area contributed by atoms with Crippen LogP contribution in [0.3, 0.4) is 0 Å². The van der Waals surface area contributed by atoms with Gasteiger partial charge in [-0.1, -0.05) is 5.16 Å². The number of rotatable bonds is 2. The molecule has 0 amide bonds. The number of hydrogen-bond donors (Lipinski definition) is 1. The Hall–Kier alpha value is -1.43. The van der Waals surface area contributed by atoms with Crippen LogP contribution in [-0.4, -0.2) is 19.9 Å². The Labute approximate surface area is 79.4 Å². The molecule has 2 aromatic heterocycles. The van der Waals surface area contributed by atoms with Gasteiger partial charge in [0.1, 0.15) is 17.8 Å². The van der Waals surface area contributed by atoms with E-state index in [0.717, 1.165) is 11.5 Å². The maximum atomic E-state index is 4.98. The third kappa shape index (κ3) is 1.67. The fourth-order valence-corrected chi connectivity index (χ4v) is 1.21. The van der Waals surface area contributed by atoms with Crippen molar-refractivity contribution in [3.8, 4) is 0 Å². The molecule has 0 saturated heterocycles. The molecule has 0 spiro atoms. The van der Waals surface area contributed by atoms with Crippen LogP contribution in [0.2, 0.25) is 0 Å². The van der Waals surface area contributed by atoms with E-state index in [1.807, 2.05) is 13.0 Å². The minimum absolute atomic E-state index is 0.584. The molecule has 0 bridgehead atoms. The summed E-state index contributed by atoms with van der Waals surface area (Å²) in [6.07, 6.45) is 1.63. The average molecular weight is 196 g/mol. The molecule has 1 N–H and O–H groups in total. The molecule has 68 valence electrons. The quantitative estimate of drug-likeness (QED) is 0.735. The monoisotopic (exact) mass is 196 g/mol. The molecule has 0 aliphatic rings. The van der Waals surface area contributed by atoms with E-state index in [4.69, 9.17) is 16.7 Å². The van der Waals surface area contributed by atoms with Crippen molar-refractivity contribution < 1.29 is 4.52 Å². The molecule has 0 fully saturated rings. The van der Waals surface area contributed by atoms with Crippen molar-refractivity contribution >= 4 is 12.2 Å². The molecule has 0 atom stereocenters. The number of nitrogens with one attached hydrogen (secondary N) is 1. The van der Waals surface area contributed by atoms with Gasteiger partial charge in [-0.25, -0.2) is 0 Å². The number of aromatic amines is 1. The zero-order chi connectivity index (χ0) is 9.26. The molecule has 13 heavy (non-hydrogen) atoms. The van der Waals surface area contributed by atoms with Gasteiger partial charge in [0, 0.05) is 6.07 Å². The van der Waals surface area contributed by atoms with E-state index in [0.29, 0.717) is 11.3 Å². The highest BCUT2D eigenvalue weighted by Gasteiger charge is 2.01. The van der Waals surface area contributed by atoms with Crippen LogP contribution in [-0.2, 0) is 6.54 Å². The molecule has 2 aromatic rings. The molecule has 5 nitrogen and oxygen atoms in total. The highest BCUT2D eigenvalue weighted by Crippen LogP contribution is 2.03. The summed E-state index contributed by atoms with van der Waals surface area (Å²) in [6, 6.07) is 1.87. The maximum Gasteiger partial charge on any atom is 0.195 e. The van der Waals surface area contributed by atoms with Gasteiger partial charge in [0.2, 0.25) is 0 Å². The minimum atomic E-state index is 0.584. The van der Waals surface area contributed by atoms with Crippen molar-refractivity contribution in [3.63, 3.8) is 0 Å². The minimum Gasteiger partial charge on any atom is -0.361 e. The zero-order valence-electron chi connectivity index (χ0n) is 7.02. The lowest BCUT2D eigenvalue weighted by atomic mass is 10.4. The molecule has 0 saturated carbocycles. The largest absolute Gasteiger partial charge is 0.361 e. The maximum absolute atomic E-state index is 4.98. The van der Waals surface area contributed by atoms with Crippen molar-refractivity contribution in [3.05, 3.63) is 28.6 Å². The van der Waals surface area contributed by atoms with Gasteiger partial charge in [0.25, 0.3) is 0 Å². The lowest BCUT2D eigenvalue weighted by molar-refractivity contribution is 0.389. The van der Waals surface area contributed by atoms with Crippen molar-refractivity contribution in [2.45, 2.75) is 13.5 Å². The molecule has 0 radical (unpaired) electrons. The number of aryl methyl sites for hydroxylation is 1. The van der Waals surface area contributed by atoms with Gasteiger partial charge >= 0.3 is 0 Å². The van der Waals surface area contributed by atoms with Gasteiger partial charge in [0.05, 0.1) is 6.54 Å². The van der Waals surface area contributed by atoms with E-state index in [1.54, 1.807) is 10.9 Å². The Morgan fingerprint density at radius 3 is 3.08 bits per heavy atom. The van der Waals surface area contributed by atoms with E-state index >= 15 is 0 Å². The van der Waals surface area contributed by atoms with Crippen molar-refractivity contribution in [1.29, 1.82) is 0 Å². The molecule has 0 aliphatic heterocycles. The zero-order valence-corrected chi connectivity index (χ0v) is 7.84. The Bertz CT molecular complexity index is 455. The molecule has 2 heterocycles. The second kappa shape index (κ2) is 3.14. The normalized spacial score (nSPS) is 10.5. The molecule has 0 aromatic carbocycles. The third-order valence-electron chi connectivity index (χ3n) is 1.63. The third-order valence-corrected chi connectivity index (χ3v) is 1.95. The molecule has 0 aliphatic carbocycles. The van der Waals surface area contributed by atoms with Crippen LogP contribution >= 0.6 is 12.2 Å². The second-order valence-electron chi connectivity index (χ2n) is 2.72. The molecule has 2 rings (SSSR count). The SMILES string of the molecule is Cc1cc(Cn2cn[nH]c2=S)no1. The number of nitrogens with zero attached hydrogens (tertiary/aromatic N) is 3.